The smallest absolute Gasteiger partial charge is 0.254 e. The molecule has 0 saturated carbocycles. The summed E-state index contributed by atoms with van der Waals surface area (Å²) in [5, 5.41) is 6.46. The summed E-state index contributed by atoms with van der Waals surface area (Å²) >= 11 is 6.07. The zero-order valence-corrected chi connectivity index (χ0v) is 25.1. The van der Waals surface area contributed by atoms with E-state index in [0.29, 0.717) is 93.1 Å². The number of amides is 1. The van der Waals surface area contributed by atoms with Crippen LogP contribution in [0.15, 0.2) is 24.4 Å². The van der Waals surface area contributed by atoms with Crippen LogP contribution in [0.25, 0.3) is 0 Å². The highest BCUT2D eigenvalue weighted by molar-refractivity contribution is 6.32. The van der Waals surface area contributed by atoms with Gasteiger partial charge in [0.25, 0.3) is 5.91 Å². The number of methoxy groups -OCH3 is 1. The van der Waals surface area contributed by atoms with E-state index >= 15 is 0 Å². The number of carbonyl (C=O) groups excluding carboxylic acids is 1. The number of piperazine rings is 1. The summed E-state index contributed by atoms with van der Waals surface area (Å²) in [7, 11) is 3.29. The van der Waals surface area contributed by atoms with E-state index in [4.69, 9.17) is 35.3 Å². The van der Waals surface area contributed by atoms with Crippen LogP contribution in [0.1, 0.15) is 23.7 Å². The van der Waals surface area contributed by atoms with E-state index in [1.54, 1.807) is 32.4 Å². The fraction of sp³-hybridized carbons (Fsp3) is 0.607. The lowest BCUT2D eigenvalue weighted by molar-refractivity contribution is -0.00494. The van der Waals surface area contributed by atoms with Crippen LogP contribution in [0, 0.1) is 0 Å². The molecule has 2 N–H and O–H groups in total. The first kappa shape index (κ1) is 32.8. The summed E-state index contributed by atoms with van der Waals surface area (Å²) in [6.07, 6.45) is 2.53. The molecule has 3 rings (SSSR count). The van der Waals surface area contributed by atoms with Gasteiger partial charge in [0.05, 0.1) is 65.2 Å². The van der Waals surface area contributed by atoms with Crippen LogP contribution in [-0.2, 0) is 18.9 Å². The van der Waals surface area contributed by atoms with E-state index in [1.165, 1.54) is 6.20 Å². The number of carbonyl (C=O) groups is 1. The Morgan fingerprint density at radius 2 is 1.59 bits per heavy atom. The average molecular weight is 595 g/mol. The highest BCUT2D eigenvalue weighted by Gasteiger charge is 2.23. The number of nitrogens with zero attached hydrogens (tertiary/aromatic N) is 4. The van der Waals surface area contributed by atoms with Gasteiger partial charge < -0.3 is 39.2 Å². The molecule has 2 aromatic rings. The minimum atomic E-state index is -0.0272. The average Bonchev–Trinajstić information content (AvgIpc) is 3.00. The van der Waals surface area contributed by atoms with Crippen molar-refractivity contribution in [3.8, 4) is 5.75 Å². The Labute approximate surface area is 247 Å². The molecule has 0 unspecified atom stereocenters. The van der Waals surface area contributed by atoms with Gasteiger partial charge in [0.1, 0.15) is 16.6 Å². The van der Waals surface area contributed by atoms with E-state index in [2.05, 4.69) is 32.4 Å². The molecule has 12 nitrogen and oxygen atoms in total. The SMILES string of the molecule is CCCOCCOCCOCCOCCN1CCN(C(=O)c2ccc(Nc3ncc(Cl)c(NC)n3)c(OC)c2)CC1. The highest BCUT2D eigenvalue weighted by atomic mass is 35.5. The van der Waals surface area contributed by atoms with Crippen molar-refractivity contribution < 1.29 is 28.5 Å². The van der Waals surface area contributed by atoms with Crippen LogP contribution in [0.2, 0.25) is 5.02 Å². The van der Waals surface area contributed by atoms with Crippen molar-refractivity contribution in [2.45, 2.75) is 13.3 Å². The molecule has 1 aromatic carbocycles. The number of halogens is 1. The van der Waals surface area contributed by atoms with Gasteiger partial charge >= 0.3 is 0 Å². The maximum atomic E-state index is 13.2. The molecule has 2 heterocycles. The van der Waals surface area contributed by atoms with Gasteiger partial charge in [0, 0.05) is 51.9 Å². The van der Waals surface area contributed by atoms with Gasteiger partial charge in [-0.2, -0.15) is 4.98 Å². The fourth-order valence-electron chi connectivity index (χ4n) is 4.11. The summed E-state index contributed by atoms with van der Waals surface area (Å²) in [6.45, 7) is 10.6. The molecule has 41 heavy (non-hydrogen) atoms. The standard InChI is InChI=1S/C28H43ClN6O6/c1-4-12-38-14-16-40-18-19-41-17-15-39-13-11-34-7-9-35(10-8-34)27(36)22-5-6-24(25(20-22)37-3)32-28-31-21-23(29)26(30-2)33-28/h5-6,20-21H,4,7-19H2,1-3H3,(H2,30,31,32,33). The van der Waals surface area contributed by atoms with E-state index in [1.807, 2.05) is 4.90 Å². The molecule has 228 valence electrons. The minimum absolute atomic E-state index is 0.0272. The molecule has 13 heteroatoms. The zero-order valence-electron chi connectivity index (χ0n) is 24.3. The number of ether oxygens (including phenoxy) is 5. The lowest BCUT2D eigenvalue weighted by atomic mass is 10.1. The largest absolute Gasteiger partial charge is 0.495 e. The molecule has 1 saturated heterocycles. The van der Waals surface area contributed by atoms with Crippen molar-refractivity contribution in [2.75, 3.05) is 110 Å². The lowest BCUT2D eigenvalue weighted by Crippen LogP contribution is -2.49. The number of aromatic nitrogens is 2. The van der Waals surface area contributed by atoms with Gasteiger partial charge in [0.15, 0.2) is 0 Å². The first-order valence-electron chi connectivity index (χ1n) is 14.0. The number of benzene rings is 1. The second kappa shape index (κ2) is 18.6. The maximum Gasteiger partial charge on any atom is 0.254 e. The Balaban J connectivity index is 1.32. The van der Waals surface area contributed by atoms with E-state index in [-0.39, 0.29) is 5.91 Å². The molecular weight excluding hydrogens is 552 g/mol. The quantitative estimate of drug-likeness (QED) is 0.233. The molecule has 1 amide bonds. The number of anilines is 3. The van der Waals surface area contributed by atoms with Gasteiger partial charge in [-0.05, 0) is 24.6 Å². The molecular formula is C28H43ClN6O6. The molecule has 0 spiro atoms. The Morgan fingerprint density at radius 1 is 0.951 bits per heavy atom. The van der Waals surface area contributed by atoms with Gasteiger partial charge in [-0.1, -0.05) is 18.5 Å². The van der Waals surface area contributed by atoms with Crippen molar-refractivity contribution in [3.63, 3.8) is 0 Å². The van der Waals surface area contributed by atoms with Crippen LogP contribution in [0.4, 0.5) is 17.5 Å². The monoisotopic (exact) mass is 594 g/mol. The Morgan fingerprint density at radius 3 is 2.20 bits per heavy atom. The van der Waals surface area contributed by atoms with Crippen molar-refractivity contribution in [2.24, 2.45) is 0 Å². The van der Waals surface area contributed by atoms with Gasteiger partial charge in [-0.25, -0.2) is 4.98 Å². The third-order valence-corrected chi connectivity index (χ3v) is 6.63. The first-order valence-corrected chi connectivity index (χ1v) is 14.4. The molecule has 0 bridgehead atoms. The molecule has 1 aliphatic heterocycles. The lowest BCUT2D eigenvalue weighted by Gasteiger charge is -2.34. The van der Waals surface area contributed by atoms with Crippen LogP contribution in [0.5, 0.6) is 5.75 Å². The van der Waals surface area contributed by atoms with Gasteiger partial charge in [-0.3, -0.25) is 9.69 Å². The van der Waals surface area contributed by atoms with E-state index < -0.39 is 0 Å². The van der Waals surface area contributed by atoms with E-state index in [9.17, 15) is 4.79 Å². The third-order valence-electron chi connectivity index (χ3n) is 6.35. The summed E-state index contributed by atoms with van der Waals surface area (Å²) in [4.78, 5) is 25.9. The van der Waals surface area contributed by atoms with Crippen LogP contribution in [0.3, 0.4) is 0 Å². The molecule has 0 aliphatic carbocycles. The zero-order chi connectivity index (χ0) is 29.3. The summed E-state index contributed by atoms with van der Waals surface area (Å²) in [6, 6.07) is 5.30. The van der Waals surface area contributed by atoms with Crippen molar-refractivity contribution in [1.29, 1.82) is 0 Å². The predicted octanol–water partition coefficient (Wildman–Crippen LogP) is 3.16. The third kappa shape index (κ3) is 11.2. The van der Waals surface area contributed by atoms with Crippen LogP contribution < -0.4 is 15.4 Å². The Hall–Kier alpha value is -2.74. The normalized spacial score (nSPS) is 13.8. The predicted molar refractivity (Wildman–Crippen MR) is 159 cm³/mol. The summed E-state index contributed by atoms with van der Waals surface area (Å²) in [5.41, 5.74) is 1.21. The first-order chi connectivity index (χ1) is 20.0. The number of hydrogen-bond donors (Lipinski definition) is 2. The molecule has 0 radical (unpaired) electrons. The molecule has 1 aliphatic rings. The number of rotatable bonds is 19. The number of hydrogen-bond acceptors (Lipinski definition) is 11. The topological polar surface area (TPSA) is 120 Å². The molecule has 1 aromatic heterocycles. The maximum absolute atomic E-state index is 13.2. The van der Waals surface area contributed by atoms with Gasteiger partial charge in [0.2, 0.25) is 5.95 Å². The van der Waals surface area contributed by atoms with Gasteiger partial charge in [-0.15, -0.1) is 0 Å². The second-order valence-electron chi connectivity index (χ2n) is 9.26. The van der Waals surface area contributed by atoms with Crippen LogP contribution in [-0.4, -0.2) is 125 Å². The van der Waals surface area contributed by atoms with Crippen LogP contribution >= 0.6 is 11.6 Å². The van der Waals surface area contributed by atoms with E-state index in [0.717, 1.165) is 32.7 Å². The fourth-order valence-corrected chi connectivity index (χ4v) is 4.29. The second-order valence-corrected chi connectivity index (χ2v) is 9.67. The summed E-state index contributed by atoms with van der Waals surface area (Å²) in [5.74, 6) is 1.36. The Kier molecular flexibility index (Phi) is 14.9. The van der Waals surface area contributed by atoms with Crippen molar-refractivity contribution in [3.05, 3.63) is 35.0 Å². The van der Waals surface area contributed by atoms with Crippen molar-refractivity contribution >= 4 is 35.0 Å². The highest BCUT2D eigenvalue weighted by Crippen LogP contribution is 2.29. The number of nitrogens with one attached hydrogen (secondary N) is 2. The Bertz CT molecular complexity index is 1060. The minimum Gasteiger partial charge on any atom is -0.495 e. The summed E-state index contributed by atoms with van der Waals surface area (Å²) < 4.78 is 27.6. The molecule has 0 atom stereocenters. The molecule has 1 fully saturated rings. The van der Waals surface area contributed by atoms with Crippen molar-refractivity contribution in [1.82, 2.24) is 19.8 Å².